The second-order valence-electron chi connectivity index (χ2n) is 8.78. The van der Waals surface area contributed by atoms with E-state index in [0.717, 1.165) is 22.3 Å². The molecule has 2 aromatic carbocycles. The monoisotopic (exact) mass is 460 g/mol. The second kappa shape index (κ2) is 8.33. The maximum atomic E-state index is 12.8. The lowest BCUT2D eigenvalue weighted by Gasteiger charge is -2.17. The van der Waals surface area contributed by atoms with Gasteiger partial charge in [0, 0.05) is 25.7 Å². The Balaban J connectivity index is 1.19. The summed E-state index contributed by atoms with van der Waals surface area (Å²) < 4.78 is 6.87. The number of carbonyl (C=O) groups is 3. The number of nitrogens with one attached hydrogen (secondary N) is 2. The van der Waals surface area contributed by atoms with Crippen molar-refractivity contribution in [2.75, 3.05) is 18.5 Å². The van der Waals surface area contributed by atoms with Crippen molar-refractivity contribution >= 4 is 23.7 Å². The molecule has 2 amide bonds. The number of fused-ring (bicyclic) bond motifs is 3. The van der Waals surface area contributed by atoms with E-state index >= 15 is 0 Å². The molecule has 0 saturated heterocycles. The predicted molar refractivity (Wildman–Crippen MR) is 124 cm³/mol. The number of ether oxygens (including phenoxy) is 1. The molecule has 1 fully saturated rings. The van der Waals surface area contributed by atoms with Crippen molar-refractivity contribution < 1.29 is 24.2 Å². The average Bonchev–Trinajstić information content (AvgIpc) is 3.44. The van der Waals surface area contributed by atoms with Gasteiger partial charge in [-0.15, -0.1) is 0 Å². The number of carbonyl (C=O) groups excluding carboxylic acids is 2. The minimum Gasteiger partial charge on any atom is -0.476 e. The van der Waals surface area contributed by atoms with Gasteiger partial charge in [-0.2, -0.15) is 5.10 Å². The lowest BCUT2D eigenvalue weighted by atomic mass is 9.98. The fourth-order valence-corrected chi connectivity index (χ4v) is 4.52. The van der Waals surface area contributed by atoms with E-state index in [2.05, 4.69) is 40.0 Å². The van der Waals surface area contributed by atoms with Crippen LogP contribution in [0.5, 0.6) is 0 Å². The number of hydrogen-bond donors (Lipinski definition) is 3. The van der Waals surface area contributed by atoms with E-state index in [1.54, 1.807) is 7.05 Å². The number of rotatable bonds is 7. The third-order valence-electron chi connectivity index (χ3n) is 6.53. The summed E-state index contributed by atoms with van der Waals surface area (Å²) in [7, 11) is 1.58. The number of anilines is 1. The van der Waals surface area contributed by atoms with Crippen LogP contribution in [0.4, 0.5) is 10.5 Å². The Morgan fingerprint density at radius 1 is 1.09 bits per heavy atom. The molecule has 0 radical (unpaired) electrons. The van der Waals surface area contributed by atoms with E-state index in [9.17, 15) is 19.5 Å². The highest BCUT2D eigenvalue weighted by Crippen LogP contribution is 2.46. The summed E-state index contributed by atoms with van der Waals surface area (Å²) in [4.78, 5) is 36.6. The topological polar surface area (TPSA) is 123 Å². The van der Waals surface area contributed by atoms with Crippen molar-refractivity contribution in [3.63, 3.8) is 0 Å². The van der Waals surface area contributed by atoms with Crippen LogP contribution in [0.15, 0.2) is 54.7 Å². The molecular weight excluding hydrogens is 436 g/mol. The fourth-order valence-electron chi connectivity index (χ4n) is 4.52. The summed E-state index contributed by atoms with van der Waals surface area (Å²) in [5, 5.41) is 18.5. The number of aromatic carboxylic acids is 1. The summed E-state index contributed by atoms with van der Waals surface area (Å²) >= 11 is 0. The molecule has 1 heterocycles. The van der Waals surface area contributed by atoms with Gasteiger partial charge in [-0.3, -0.25) is 9.48 Å². The molecule has 0 spiro atoms. The Morgan fingerprint density at radius 3 is 2.29 bits per heavy atom. The van der Waals surface area contributed by atoms with Gasteiger partial charge in [-0.05, 0) is 35.1 Å². The van der Waals surface area contributed by atoms with Gasteiger partial charge in [0.15, 0.2) is 5.69 Å². The lowest BCUT2D eigenvalue weighted by Crippen LogP contribution is -2.37. The van der Waals surface area contributed by atoms with Crippen LogP contribution < -0.4 is 10.6 Å². The van der Waals surface area contributed by atoms with Crippen LogP contribution in [0.1, 0.15) is 40.4 Å². The number of alkyl carbamates (subject to hydrolysis) is 1. The number of aryl methyl sites for hydroxylation is 1. The van der Waals surface area contributed by atoms with Crippen LogP contribution in [0.2, 0.25) is 0 Å². The molecule has 9 nitrogen and oxygen atoms in total. The van der Waals surface area contributed by atoms with Gasteiger partial charge >= 0.3 is 12.1 Å². The first kappa shape index (κ1) is 21.7. The summed E-state index contributed by atoms with van der Waals surface area (Å²) in [5.41, 5.74) is 3.68. The number of aromatic nitrogens is 2. The van der Waals surface area contributed by atoms with Crippen LogP contribution in [-0.2, 0) is 16.6 Å². The third-order valence-corrected chi connectivity index (χ3v) is 6.53. The van der Waals surface area contributed by atoms with Gasteiger partial charge in [0.2, 0.25) is 5.91 Å². The van der Waals surface area contributed by atoms with Crippen LogP contribution in [0.25, 0.3) is 11.1 Å². The third kappa shape index (κ3) is 3.89. The fraction of sp³-hybridized carbons (Fsp3) is 0.280. The lowest BCUT2D eigenvalue weighted by molar-refractivity contribution is -0.120. The Labute approximate surface area is 195 Å². The molecular formula is C25H24N4O5. The number of amides is 2. The number of hydrogen-bond acceptors (Lipinski definition) is 5. The highest BCUT2D eigenvalue weighted by atomic mass is 16.5. The SMILES string of the molecule is Cn1cc(NC(=O)C2(CNC(=O)OCC3c4ccccc4-c4ccccc43)CC2)c(C(=O)O)n1. The number of carboxylic acids is 1. The Hall–Kier alpha value is -4.14. The van der Waals surface area contributed by atoms with Gasteiger partial charge in [0.1, 0.15) is 6.61 Å². The molecule has 0 aliphatic heterocycles. The standard InChI is InChI=1S/C25H24N4O5/c1-29-12-20(21(28-29)22(30)31)27-23(32)25(10-11-25)14-26-24(33)34-13-19-17-8-4-2-6-15(17)16-7-3-5-9-18(16)19/h2-9,12,19H,10-11,13-14H2,1H3,(H,26,33)(H,27,32)(H,30,31). The number of benzene rings is 2. The summed E-state index contributed by atoms with van der Waals surface area (Å²) in [6, 6.07) is 16.2. The molecule has 174 valence electrons. The minimum atomic E-state index is -1.22. The molecule has 9 heteroatoms. The highest BCUT2D eigenvalue weighted by Gasteiger charge is 2.50. The van der Waals surface area contributed by atoms with E-state index in [0.29, 0.717) is 12.8 Å². The number of nitrogens with zero attached hydrogens (tertiary/aromatic N) is 2. The molecule has 1 saturated carbocycles. The first-order valence-electron chi connectivity index (χ1n) is 11.1. The van der Waals surface area contributed by atoms with Crippen molar-refractivity contribution in [3.05, 3.63) is 71.5 Å². The first-order valence-corrected chi connectivity index (χ1v) is 11.1. The van der Waals surface area contributed by atoms with Crippen LogP contribution >= 0.6 is 0 Å². The van der Waals surface area contributed by atoms with E-state index in [1.807, 2.05) is 24.3 Å². The zero-order valence-corrected chi connectivity index (χ0v) is 18.6. The smallest absolute Gasteiger partial charge is 0.407 e. The van der Waals surface area contributed by atoms with E-state index in [-0.39, 0.29) is 36.4 Å². The van der Waals surface area contributed by atoms with E-state index in [1.165, 1.54) is 10.9 Å². The minimum absolute atomic E-state index is 0.0450. The maximum Gasteiger partial charge on any atom is 0.407 e. The molecule has 3 aromatic rings. The zero-order valence-electron chi connectivity index (χ0n) is 18.6. The molecule has 2 aliphatic carbocycles. The van der Waals surface area contributed by atoms with Crippen molar-refractivity contribution in [1.82, 2.24) is 15.1 Å². The van der Waals surface area contributed by atoms with Crippen LogP contribution in [0.3, 0.4) is 0 Å². The maximum absolute atomic E-state index is 12.8. The first-order chi connectivity index (χ1) is 16.4. The highest BCUT2D eigenvalue weighted by molar-refractivity contribution is 6.02. The summed E-state index contributed by atoms with van der Waals surface area (Å²) in [5.74, 6) is -1.61. The van der Waals surface area contributed by atoms with Gasteiger partial charge in [0.05, 0.1) is 11.1 Å². The molecule has 34 heavy (non-hydrogen) atoms. The zero-order chi connectivity index (χ0) is 23.9. The van der Waals surface area contributed by atoms with Gasteiger partial charge < -0.3 is 20.5 Å². The van der Waals surface area contributed by atoms with Crippen LogP contribution in [-0.4, -0.2) is 46.0 Å². The molecule has 3 N–H and O–H groups in total. The largest absolute Gasteiger partial charge is 0.476 e. The van der Waals surface area contributed by atoms with Crippen molar-refractivity contribution in [2.45, 2.75) is 18.8 Å². The molecule has 0 bridgehead atoms. The number of carboxylic acid groups (broad SMARTS) is 1. The molecule has 0 unspecified atom stereocenters. The van der Waals surface area contributed by atoms with E-state index < -0.39 is 17.5 Å². The Morgan fingerprint density at radius 2 is 1.71 bits per heavy atom. The van der Waals surface area contributed by atoms with Crippen molar-refractivity contribution in [1.29, 1.82) is 0 Å². The van der Waals surface area contributed by atoms with E-state index in [4.69, 9.17) is 4.74 Å². The van der Waals surface area contributed by atoms with Gasteiger partial charge in [-0.25, -0.2) is 9.59 Å². The molecule has 1 aromatic heterocycles. The van der Waals surface area contributed by atoms with Crippen LogP contribution in [0, 0.1) is 5.41 Å². The van der Waals surface area contributed by atoms with Crippen molar-refractivity contribution in [3.8, 4) is 11.1 Å². The van der Waals surface area contributed by atoms with Gasteiger partial charge in [-0.1, -0.05) is 48.5 Å². The molecule has 2 aliphatic rings. The molecule has 5 rings (SSSR count). The Kier molecular flexibility index (Phi) is 5.31. The molecule has 0 atom stereocenters. The van der Waals surface area contributed by atoms with Crippen molar-refractivity contribution in [2.24, 2.45) is 12.5 Å². The normalized spacial score (nSPS) is 15.2. The van der Waals surface area contributed by atoms with Gasteiger partial charge in [0.25, 0.3) is 0 Å². The Bertz CT molecular complexity index is 1250. The summed E-state index contributed by atoms with van der Waals surface area (Å²) in [6.45, 7) is 0.300. The average molecular weight is 460 g/mol. The quantitative estimate of drug-likeness (QED) is 0.497. The predicted octanol–water partition coefficient (Wildman–Crippen LogP) is 3.38. The second-order valence-corrected chi connectivity index (χ2v) is 8.78. The summed E-state index contributed by atoms with van der Waals surface area (Å²) in [6.07, 6.45) is 2.03.